The molecule has 0 bridgehead atoms. The Bertz CT molecular complexity index is 269. The van der Waals surface area contributed by atoms with Crippen molar-refractivity contribution in [3.8, 4) is 0 Å². The zero-order chi connectivity index (χ0) is 11.3. The number of amides is 2. The van der Waals surface area contributed by atoms with Gasteiger partial charge in [0.25, 0.3) is 0 Å². The monoisotopic (exact) mass is 215 g/mol. The number of hydrogen-bond acceptors (Lipinski definition) is 5. The van der Waals surface area contributed by atoms with E-state index in [1.54, 1.807) is 0 Å². The van der Waals surface area contributed by atoms with Crippen LogP contribution in [0.15, 0.2) is 0 Å². The summed E-state index contributed by atoms with van der Waals surface area (Å²) in [5.41, 5.74) is 0. The summed E-state index contributed by atoms with van der Waals surface area (Å²) >= 11 is 0. The predicted molar refractivity (Wildman–Crippen MR) is 49.8 cm³/mol. The van der Waals surface area contributed by atoms with Crippen molar-refractivity contribution < 1.29 is 19.1 Å². The normalized spacial score (nSPS) is 20.3. The first-order valence-corrected chi connectivity index (χ1v) is 4.48. The van der Waals surface area contributed by atoms with Gasteiger partial charge in [-0.05, 0) is 0 Å². The number of methoxy groups -OCH3 is 1. The molecule has 2 amide bonds. The highest BCUT2D eigenvalue weighted by molar-refractivity contribution is 5.88. The van der Waals surface area contributed by atoms with Crippen LogP contribution in [0.25, 0.3) is 0 Å². The van der Waals surface area contributed by atoms with Crippen molar-refractivity contribution in [2.24, 2.45) is 0 Å². The Labute approximate surface area is 86.5 Å². The molecule has 0 radical (unpaired) electrons. The lowest BCUT2D eigenvalue weighted by Crippen LogP contribution is -2.58. The molecule has 1 unspecified atom stereocenters. The van der Waals surface area contributed by atoms with Crippen LogP contribution in [0, 0.1) is 0 Å². The summed E-state index contributed by atoms with van der Waals surface area (Å²) in [6.45, 7) is 0.170. The molecule has 1 aliphatic rings. The van der Waals surface area contributed by atoms with Crippen molar-refractivity contribution in [2.45, 2.75) is 6.04 Å². The molecule has 1 heterocycles. The van der Waals surface area contributed by atoms with E-state index in [0.29, 0.717) is 0 Å². The maximum absolute atomic E-state index is 11.4. The van der Waals surface area contributed by atoms with Crippen LogP contribution in [0.4, 0.5) is 0 Å². The van der Waals surface area contributed by atoms with Crippen LogP contribution in [0.3, 0.4) is 0 Å². The topological polar surface area (TPSA) is 96.5 Å². The molecule has 7 nitrogen and oxygen atoms in total. The Morgan fingerprint density at radius 3 is 2.87 bits per heavy atom. The van der Waals surface area contributed by atoms with E-state index in [-0.39, 0.29) is 31.4 Å². The summed E-state index contributed by atoms with van der Waals surface area (Å²) in [7, 11) is 1.24. The molecule has 84 valence electrons. The van der Waals surface area contributed by atoms with Crippen molar-refractivity contribution in [3.63, 3.8) is 0 Å². The van der Waals surface area contributed by atoms with Gasteiger partial charge in [-0.25, -0.2) is 0 Å². The van der Waals surface area contributed by atoms with Crippen molar-refractivity contribution in [1.82, 2.24) is 16.0 Å². The Morgan fingerprint density at radius 1 is 1.60 bits per heavy atom. The SMILES string of the molecule is COC(=O)CNC(=O)C1CNC(=O)CN1. The maximum Gasteiger partial charge on any atom is 0.325 e. The molecular weight excluding hydrogens is 202 g/mol. The van der Waals surface area contributed by atoms with Gasteiger partial charge in [-0.3, -0.25) is 19.7 Å². The van der Waals surface area contributed by atoms with Crippen LogP contribution in [0.5, 0.6) is 0 Å². The van der Waals surface area contributed by atoms with Gasteiger partial charge in [-0.2, -0.15) is 0 Å². The Kier molecular flexibility index (Phi) is 4.04. The smallest absolute Gasteiger partial charge is 0.325 e. The van der Waals surface area contributed by atoms with E-state index >= 15 is 0 Å². The molecule has 1 aliphatic heterocycles. The van der Waals surface area contributed by atoms with Crippen molar-refractivity contribution in [3.05, 3.63) is 0 Å². The number of rotatable bonds is 3. The highest BCUT2D eigenvalue weighted by Gasteiger charge is 2.23. The lowest BCUT2D eigenvalue weighted by Gasteiger charge is -2.22. The fourth-order valence-electron chi connectivity index (χ4n) is 1.11. The Balaban J connectivity index is 2.28. The second kappa shape index (κ2) is 5.30. The van der Waals surface area contributed by atoms with Crippen molar-refractivity contribution >= 4 is 17.8 Å². The number of carbonyl (C=O) groups is 3. The van der Waals surface area contributed by atoms with E-state index < -0.39 is 12.0 Å². The first-order valence-electron chi connectivity index (χ1n) is 4.48. The van der Waals surface area contributed by atoms with E-state index in [4.69, 9.17) is 0 Å². The Hall–Kier alpha value is -1.63. The molecule has 15 heavy (non-hydrogen) atoms. The third-order valence-electron chi connectivity index (χ3n) is 1.96. The number of hydrogen-bond donors (Lipinski definition) is 3. The van der Waals surface area contributed by atoms with Crippen LogP contribution in [-0.4, -0.2) is 50.6 Å². The van der Waals surface area contributed by atoms with Crippen LogP contribution in [-0.2, 0) is 19.1 Å². The van der Waals surface area contributed by atoms with Crippen molar-refractivity contribution in [2.75, 3.05) is 26.7 Å². The van der Waals surface area contributed by atoms with Crippen molar-refractivity contribution in [1.29, 1.82) is 0 Å². The average Bonchev–Trinajstić information content (AvgIpc) is 2.26. The molecule has 3 N–H and O–H groups in total. The van der Waals surface area contributed by atoms with E-state index in [1.807, 2.05) is 0 Å². The molecule has 0 aromatic carbocycles. The molecule has 0 aromatic heterocycles. The predicted octanol–water partition coefficient (Wildman–Crippen LogP) is -2.64. The molecule has 1 rings (SSSR count). The second-order valence-corrected chi connectivity index (χ2v) is 3.03. The van der Waals surface area contributed by atoms with Gasteiger partial charge in [-0.15, -0.1) is 0 Å². The highest BCUT2D eigenvalue weighted by atomic mass is 16.5. The summed E-state index contributed by atoms with van der Waals surface area (Å²) in [6, 6.07) is -0.493. The number of carbonyl (C=O) groups excluding carboxylic acids is 3. The van der Waals surface area contributed by atoms with Gasteiger partial charge in [0.15, 0.2) is 0 Å². The molecule has 0 saturated carbocycles. The number of ether oxygens (including phenoxy) is 1. The summed E-state index contributed by atoms with van der Waals surface area (Å²) in [5.74, 6) is -0.990. The lowest BCUT2D eigenvalue weighted by atomic mass is 10.2. The quantitative estimate of drug-likeness (QED) is 0.447. The molecule has 0 aromatic rings. The molecule has 0 aliphatic carbocycles. The van der Waals surface area contributed by atoms with Gasteiger partial charge in [0.2, 0.25) is 11.8 Å². The van der Waals surface area contributed by atoms with Crippen LogP contribution in [0.1, 0.15) is 0 Å². The van der Waals surface area contributed by atoms with E-state index in [0.717, 1.165) is 0 Å². The highest BCUT2D eigenvalue weighted by Crippen LogP contribution is 1.88. The van der Waals surface area contributed by atoms with E-state index in [9.17, 15) is 14.4 Å². The molecule has 1 fully saturated rings. The molecule has 0 spiro atoms. The van der Waals surface area contributed by atoms with Gasteiger partial charge in [0.1, 0.15) is 12.6 Å². The van der Waals surface area contributed by atoms with Gasteiger partial charge in [-0.1, -0.05) is 0 Å². The van der Waals surface area contributed by atoms with Gasteiger partial charge < -0.3 is 15.4 Å². The average molecular weight is 215 g/mol. The summed E-state index contributed by atoms with van der Waals surface area (Å²) < 4.78 is 4.36. The standard InChI is InChI=1S/C8H13N3O4/c1-15-7(13)4-11-8(14)5-2-10-6(12)3-9-5/h5,9H,2-4H2,1H3,(H,10,12)(H,11,14). The number of piperazine rings is 1. The summed E-state index contributed by atoms with van der Waals surface area (Å²) in [5, 5.41) is 7.66. The Morgan fingerprint density at radius 2 is 2.33 bits per heavy atom. The second-order valence-electron chi connectivity index (χ2n) is 3.03. The minimum Gasteiger partial charge on any atom is -0.468 e. The largest absolute Gasteiger partial charge is 0.468 e. The first-order chi connectivity index (χ1) is 7.13. The van der Waals surface area contributed by atoms with E-state index in [2.05, 4.69) is 20.7 Å². The zero-order valence-electron chi connectivity index (χ0n) is 8.33. The summed E-state index contributed by atoms with van der Waals surface area (Å²) in [4.78, 5) is 32.9. The minimum absolute atomic E-state index is 0.107. The molecular formula is C8H13N3O4. The maximum atomic E-state index is 11.4. The van der Waals surface area contributed by atoms with Crippen LogP contribution in [0.2, 0.25) is 0 Å². The molecule has 7 heteroatoms. The minimum atomic E-state index is -0.511. The van der Waals surface area contributed by atoms with Gasteiger partial charge in [0.05, 0.1) is 13.7 Å². The van der Waals surface area contributed by atoms with Crippen LogP contribution < -0.4 is 16.0 Å². The fraction of sp³-hybridized carbons (Fsp3) is 0.625. The molecule has 1 saturated heterocycles. The number of nitrogens with one attached hydrogen (secondary N) is 3. The van der Waals surface area contributed by atoms with Gasteiger partial charge in [0, 0.05) is 6.54 Å². The fourth-order valence-corrected chi connectivity index (χ4v) is 1.11. The molecule has 1 atom stereocenters. The lowest BCUT2D eigenvalue weighted by molar-refractivity contribution is -0.141. The van der Waals surface area contributed by atoms with E-state index in [1.165, 1.54) is 7.11 Å². The zero-order valence-corrected chi connectivity index (χ0v) is 8.33. The first kappa shape index (κ1) is 11.4. The van der Waals surface area contributed by atoms with Crippen LogP contribution >= 0.6 is 0 Å². The third-order valence-corrected chi connectivity index (χ3v) is 1.96. The van der Waals surface area contributed by atoms with Gasteiger partial charge >= 0.3 is 5.97 Å². The number of esters is 1. The summed E-state index contributed by atoms with van der Waals surface area (Å²) in [6.07, 6.45) is 0. The third kappa shape index (κ3) is 3.55.